The zero-order chi connectivity index (χ0) is 22.8. The number of ether oxygens (including phenoxy) is 2. The summed E-state index contributed by atoms with van der Waals surface area (Å²) in [5.41, 5.74) is 18.0. The zero-order valence-electron chi connectivity index (χ0n) is 18.2. The molecule has 8 heteroatoms. The van der Waals surface area contributed by atoms with E-state index in [2.05, 4.69) is 9.97 Å². The molecule has 2 aliphatic rings. The largest absolute Gasteiger partial charge is 0.490 e. The molecule has 0 aliphatic carbocycles. The van der Waals surface area contributed by atoms with Crippen molar-refractivity contribution in [1.82, 2.24) is 9.97 Å². The molecule has 7 nitrogen and oxygen atoms in total. The number of nitrogens with zero attached hydrogens (tertiary/aromatic N) is 3. The average Bonchev–Trinajstić information content (AvgIpc) is 3.26. The zero-order valence-corrected chi connectivity index (χ0v) is 19.0. The van der Waals surface area contributed by atoms with Crippen molar-refractivity contribution in [2.45, 2.75) is 37.8 Å². The predicted octanol–water partition coefficient (Wildman–Crippen LogP) is 4.14. The molecule has 33 heavy (non-hydrogen) atoms. The number of halogens is 1. The molecule has 1 unspecified atom stereocenters. The minimum atomic E-state index is -0.201. The van der Waals surface area contributed by atoms with E-state index in [1.54, 1.807) is 6.20 Å². The minimum absolute atomic E-state index is 0.111. The molecule has 4 N–H and O–H groups in total. The van der Waals surface area contributed by atoms with E-state index in [9.17, 15) is 0 Å². The van der Waals surface area contributed by atoms with Crippen molar-refractivity contribution in [2.75, 3.05) is 18.9 Å². The molecule has 0 bridgehead atoms. The third-order valence-electron chi connectivity index (χ3n) is 6.04. The summed E-state index contributed by atoms with van der Waals surface area (Å²) < 4.78 is 12.0. The van der Waals surface area contributed by atoms with Gasteiger partial charge < -0.3 is 20.9 Å². The number of nitrogens with two attached hydrogens (primary N) is 2. The number of fused-ring (bicyclic) bond motifs is 1. The Bertz CT molecular complexity index is 1180. The molecule has 170 valence electrons. The van der Waals surface area contributed by atoms with Crippen LogP contribution < -0.4 is 16.2 Å². The normalized spacial score (nSPS) is 16.8. The van der Waals surface area contributed by atoms with Gasteiger partial charge in [-0.05, 0) is 42.3 Å². The molecular weight excluding hydrogens is 438 g/mol. The summed E-state index contributed by atoms with van der Waals surface area (Å²) in [6, 6.07) is 13.5. The van der Waals surface area contributed by atoms with Crippen LogP contribution in [0, 0.1) is 0 Å². The van der Waals surface area contributed by atoms with Gasteiger partial charge in [0.05, 0.1) is 24.6 Å². The summed E-state index contributed by atoms with van der Waals surface area (Å²) in [6.45, 7) is 1.42. The first-order valence-electron chi connectivity index (χ1n) is 11.1. The van der Waals surface area contributed by atoms with E-state index in [1.165, 1.54) is 0 Å². The topological polar surface area (TPSA) is 109 Å². The van der Waals surface area contributed by atoms with E-state index >= 15 is 0 Å². The van der Waals surface area contributed by atoms with Gasteiger partial charge in [0.25, 0.3) is 0 Å². The van der Waals surface area contributed by atoms with Crippen LogP contribution in [0.2, 0.25) is 5.02 Å². The van der Waals surface area contributed by atoms with Crippen LogP contribution in [0.1, 0.15) is 24.0 Å². The molecule has 5 rings (SSSR count). The maximum atomic E-state index is 6.57. The van der Waals surface area contributed by atoms with E-state index in [0.717, 1.165) is 52.4 Å². The first kappa shape index (κ1) is 21.8. The number of aliphatic imine (C=N–C) groups is 1. The van der Waals surface area contributed by atoms with Crippen molar-refractivity contribution < 1.29 is 9.47 Å². The lowest BCUT2D eigenvalue weighted by atomic mass is 9.98. The summed E-state index contributed by atoms with van der Waals surface area (Å²) >= 11 is 6.02. The standard InChI is InChI=1S/C25H26ClN5O2/c26-17-3-1-15(2-4-17)11-20(27)23-14-19-22(30-23)12-16(21-5-8-29-25(28)31-21)13-24(19)33-18-6-9-32-10-7-18/h1-5,8,12-13,18,20H,6-7,9-11,14,27H2,(H2,28,29,31). The molecule has 2 aliphatic heterocycles. The first-order chi connectivity index (χ1) is 16.0. The van der Waals surface area contributed by atoms with Gasteiger partial charge in [-0.15, -0.1) is 0 Å². The molecule has 0 saturated carbocycles. The van der Waals surface area contributed by atoms with Gasteiger partial charge in [-0.2, -0.15) is 0 Å². The van der Waals surface area contributed by atoms with Crippen LogP contribution >= 0.6 is 11.6 Å². The highest BCUT2D eigenvalue weighted by molar-refractivity contribution is 6.30. The van der Waals surface area contributed by atoms with Crippen molar-refractivity contribution in [3.63, 3.8) is 0 Å². The summed E-state index contributed by atoms with van der Waals surface area (Å²) in [6.07, 6.45) is 4.84. The van der Waals surface area contributed by atoms with Crippen molar-refractivity contribution in [1.29, 1.82) is 0 Å². The van der Waals surface area contributed by atoms with Crippen molar-refractivity contribution >= 4 is 28.9 Å². The fraction of sp³-hybridized carbons (Fsp3) is 0.320. The second kappa shape index (κ2) is 9.47. The SMILES string of the molecule is Nc1nccc(-c2cc3c(c(OC4CCOCC4)c2)CC(C(N)Cc2ccc(Cl)cc2)=N3)n1. The third kappa shape index (κ3) is 5.00. The second-order valence-corrected chi connectivity index (χ2v) is 8.86. The maximum Gasteiger partial charge on any atom is 0.220 e. The van der Waals surface area contributed by atoms with E-state index < -0.39 is 0 Å². The Morgan fingerprint density at radius 2 is 1.91 bits per heavy atom. The summed E-state index contributed by atoms with van der Waals surface area (Å²) in [5, 5.41) is 0.714. The Hall–Kier alpha value is -3.00. The molecule has 0 spiro atoms. The number of rotatable bonds is 6. The van der Waals surface area contributed by atoms with Gasteiger partial charge in [0.15, 0.2) is 0 Å². The Morgan fingerprint density at radius 1 is 1.12 bits per heavy atom. The molecular formula is C25H26ClN5O2. The molecule has 2 aromatic carbocycles. The molecule has 1 atom stereocenters. The number of benzene rings is 2. The lowest BCUT2D eigenvalue weighted by Gasteiger charge is -2.25. The smallest absolute Gasteiger partial charge is 0.220 e. The van der Waals surface area contributed by atoms with E-state index in [-0.39, 0.29) is 18.1 Å². The van der Waals surface area contributed by atoms with Crippen LogP contribution in [0.4, 0.5) is 11.6 Å². The van der Waals surface area contributed by atoms with Crippen LogP contribution in [0.15, 0.2) is 53.7 Å². The Balaban J connectivity index is 1.45. The summed E-state index contributed by atoms with van der Waals surface area (Å²) in [4.78, 5) is 13.3. The minimum Gasteiger partial charge on any atom is -0.490 e. The number of hydrogen-bond donors (Lipinski definition) is 2. The van der Waals surface area contributed by atoms with E-state index in [4.69, 9.17) is 37.5 Å². The van der Waals surface area contributed by atoms with Gasteiger partial charge in [-0.3, -0.25) is 4.99 Å². The first-order valence-corrected chi connectivity index (χ1v) is 11.5. The quantitative estimate of drug-likeness (QED) is 0.568. The maximum absolute atomic E-state index is 6.57. The fourth-order valence-corrected chi connectivity index (χ4v) is 4.38. The van der Waals surface area contributed by atoms with Crippen LogP contribution in [-0.2, 0) is 17.6 Å². The highest BCUT2D eigenvalue weighted by Crippen LogP contribution is 2.40. The van der Waals surface area contributed by atoms with Crippen LogP contribution in [0.25, 0.3) is 11.3 Å². The van der Waals surface area contributed by atoms with Gasteiger partial charge >= 0.3 is 0 Å². The summed E-state index contributed by atoms with van der Waals surface area (Å²) in [5.74, 6) is 1.05. The Morgan fingerprint density at radius 3 is 2.67 bits per heavy atom. The Kier molecular flexibility index (Phi) is 6.26. The van der Waals surface area contributed by atoms with Gasteiger partial charge in [-0.25, -0.2) is 9.97 Å². The second-order valence-electron chi connectivity index (χ2n) is 8.42. The van der Waals surface area contributed by atoms with Crippen LogP contribution in [-0.4, -0.2) is 41.0 Å². The third-order valence-corrected chi connectivity index (χ3v) is 6.29. The van der Waals surface area contributed by atoms with Gasteiger partial charge in [0, 0.05) is 53.4 Å². The highest BCUT2D eigenvalue weighted by Gasteiger charge is 2.26. The molecule has 0 radical (unpaired) electrons. The molecule has 1 saturated heterocycles. The van der Waals surface area contributed by atoms with Crippen LogP contribution in [0.5, 0.6) is 5.75 Å². The van der Waals surface area contributed by atoms with Gasteiger partial charge in [0.1, 0.15) is 11.9 Å². The van der Waals surface area contributed by atoms with E-state index in [0.29, 0.717) is 31.1 Å². The molecule has 3 heterocycles. The Labute approximate surface area is 197 Å². The predicted molar refractivity (Wildman–Crippen MR) is 130 cm³/mol. The molecule has 1 fully saturated rings. The fourth-order valence-electron chi connectivity index (χ4n) is 4.25. The van der Waals surface area contributed by atoms with Crippen molar-refractivity contribution in [3.8, 4) is 17.0 Å². The van der Waals surface area contributed by atoms with Gasteiger partial charge in [0.2, 0.25) is 5.95 Å². The van der Waals surface area contributed by atoms with Crippen LogP contribution in [0.3, 0.4) is 0 Å². The highest BCUT2D eigenvalue weighted by atomic mass is 35.5. The number of hydrogen-bond acceptors (Lipinski definition) is 7. The number of aromatic nitrogens is 2. The lowest BCUT2D eigenvalue weighted by molar-refractivity contribution is 0.0253. The monoisotopic (exact) mass is 463 g/mol. The summed E-state index contributed by atoms with van der Waals surface area (Å²) in [7, 11) is 0. The average molecular weight is 464 g/mol. The number of nitrogen functional groups attached to an aromatic ring is 1. The molecule has 1 aromatic heterocycles. The van der Waals surface area contributed by atoms with Crippen molar-refractivity contribution in [2.24, 2.45) is 10.7 Å². The molecule has 0 amide bonds. The van der Waals surface area contributed by atoms with E-state index in [1.807, 2.05) is 42.5 Å². The number of anilines is 1. The van der Waals surface area contributed by atoms with Gasteiger partial charge in [-0.1, -0.05) is 23.7 Å². The lowest BCUT2D eigenvalue weighted by Crippen LogP contribution is -2.33. The molecule has 3 aromatic rings. The van der Waals surface area contributed by atoms with Crippen molar-refractivity contribution in [3.05, 3.63) is 64.8 Å².